The van der Waals surface area contributed by atoms with Gasteiger partial charge in [0.25, 0.3) is 5.91 Å². The number of fused-ring (bicyclic) bond motifs is 1. The number of rotatable bonds is 6. The summed E-state index contributed by atoms with van der Waals surface area (Å²) in [4.78, 5) is 26.8. The molecule has 0 atom stereocenters. The minimum Gasteiger partial charge on any atom is -0.467 e. The van der Waals surface area contributed by atoms with Gasteiger partial charge in [-0.25, -0.2) is 4.79 Å². The average Bonchev–Trinajstić information content (AvgIpc) is 3.41. The molecule has 1 aromatic carbocycles. The smallest absolute Gasteiger partial charge is 0.338 e. The summed E-state index contributed by atoms with van der Waals surface area (Å²) in [6, 6.07) is 8.40. The second kappa shape index (κ2) is 8.21. The molecule has 0 saturated carbocycles. The third-order valence-electron chi connectivity index (χ3n) is 4.74. The van der Waals surface area contributed by atoms with E-state index in [4.69, 9.17) is 18.6 Å². The molecule has 28 heavy (non-hydrogen) atoms. The van der Waals surface area contributed by atoms with Gasteiger partial charge < -0.3 is 23.5 Å². The Kier molecular flexibility index (Phi) is 5.32. The molecule has 7 heteroatoms. The number of amides is 1. The molecular formula is C21H21NO6. The van der Waals surface area contributed by atoms with E-state index in [2.05, 4.69) is 6.08 Å². The maximum absolute atomic E-state index is 12.8. The Morgan fingerprint density at radius 1 is 1.11 bits per heavy atom. The zero-order chi connectivity index (χ0) is 19.3. The van der Waals surface area contributed by atoms with E-state index in [1.165, 1.54) is 0 Å². The second-order valence-corrected chi connectivity index (χ2v) is 6.64. The number of esters is 1. The number of furan rings is 1. The first kappa shape index (κ1) is 18.2. The van der Waals surface area contributed by atoms with Crippen molar-refractivity contribution in [2.75, 3.05) is 13.4 Å². The topological polar surface area (TPSA) is 78.2 Å². The summed E-state index contributed by atoms with van der Waals surface area (Å²) in [5.74, 6) is 0.900. The van der Waals surface area contributed by atoms with Gasteiger partial charge in [0, 0.05) is 5.70 Å². The van der Waals surface area contributed by atoms with E-state index >= 15 is 0 Å². The molecule has 7 nitrogen and oxygen atoms in total. The maximum Gasteiger partial charge on any atom is 0.338 e. The number of benzene rings is 1. The van der Waals surface area contributed by atoms with Crippen molar-refractivity contribution in [3.05, 3.63) is 59.7 Å². The molecule has 1 aromatic heterocycles. The molecule has 4 rings (SSSR count). The number of carbonyl (C=O) groups excluding carboxylic acids is 2. The van der Waals surface area contributed by atoms with Crippen LogP contribution in [0.5, 0.6) is 11.5 Å². The van der Waals surface area contributed by atoms with Gasteiger partial charge in [-0.3, -0.25) is 4.79 Å². The first-order valence-corrected chi connectivity index (χ1v) is 9.29. The number of allylic oxidation sites excluding steroid dienone is 2. The molecule has 2 aliphatic rings. The van der Waals surface area contributed by atoms with Crippen LogP contribution in [0.25, 0.3) is 0 Å². The van der Waals surface area contributed by atoms with Crippen LogP contribution in [-0.2, 0) is 16.1 Å². The quantitative estimate of drug-likeness (QED) is 0.709. The first-order chi connectivity index (χ1) is 13.7. The molecule has 0 bridgehead atoms. The normalized spacial score (nSPS) is 15.1. The molecule has 0 fully saturated rings. The van der Waals surface area contributed by atoms with Crippen LogP contribution in [0.1, 0.15) is 41.8 Å². The van der Waals surface area contributed by atoms with Crippen molar-refractivity contribution in [2.24, 2.45) is 0 Å². The highest BCUT2D eigenvalue weighted by Gasteiger charge is 2.23. The monoisotopic (exact) mass is 383 g/mol. The van der Waals surface area contributed by atoms with Gasteiger partial charge in [-0.1, -0.05) is 6.08 Å². The lowest BCUT2D eigenvalue weighted by atomic mass is 10.0. The van der Waals surface area contributed by atoms with Crippen LogP contribution >= 0.6 is 0 Å². The highest BCUT2D eigenvalue weighted by molar-refractivity contribution is 5.92. The molecule has 0 N–H and O–H groups in total. The predicted octanol–water partition coefficient (Wildman–Crippen LogP) is 3.65. The van der Waals surface area contributed by atoms with Crippen molar-refractivity contribution < 1.29 is 28.2 Å². The molecule has 1 amide bonds. The third-order valence-corrected chi connectivity index (χ3v) is 4.74. The highest BCUT2D eigenvalue weighted by Crippen LogP contribution is 2.32. The molecule has 0 saturated heterocycles. The molecule has 146 valence electrons. The standard InChI is InChI=1S/C21H21NO6/c23-20(13-26-21(24)15-8-9-18-19(11-15)28-14-27-18)22(12-17-7-4-10-25-17)16-5-2-1-3-6-16/h4-5,7-11H,1-3,6,12-14H2. The van der Waals surface area contributed by atoms with Gasteiger partial charge in [-0.2, -0.15) is 0 Å². The van der Waals surface area contributed by atoms with Crippen LogP contribution in [-0.4, -0.2) is 30.2 Å². The van der Waals surface area contributed by atoms with E-state index in [-0.39, 0.29) is 19.3 Å². The predicted molar refractivity (Wildman–Crippen MR) is 98.7 cm³/mol. The summed E-state index contributed by atoms with van der Waals surface area (Å²) in [7, 11) is 0. The molecule has 2 aromatic rings. The van der Waals surface area contributed by atoms with Crippen LogP contribution in [0.3, 0.4) is 0 Å². The van der Waals surface area contributed by atoms with Gasteiger partial charge in [-0.15, -0.1) is 0 Å². The molecule has 0 spiro atoms. The fourth-order valence-corrected chi connectivity index (χ4v) is 3.29. The zero-order valence-corrected chi connectivity index (χ0v) is 15.4. The Morgan fingerprint density at radius 2 is 2.00 bits per heavy atom. The van der Waals surface area contributed by atoms with Gasteiger partial charge in [0.15, 0.2) is 18.1 Å². The molecule has 1 aliphatic heterocycles. The van der Waals surface area contributed by atoms with Crippen LogP contribution in [0.2, 0.25) is 0 Å². The summed E-state index contributed by atoms with van der Waals surface area (Å²) in [6.07, 6.45) is 7.56. The van der Waals surface area contributed by atoms with Gasteiger partial charge in [0.05, 0.1) is 18.4 Å². The summed E-state index contributed by atoms with van der Waals surface area (Å²) in [5.41, 5.74) is 1.26. The molecule has 1 aliphatic carbocycles. The van der Waals surface area contributed by atoms with E-state index in [0.717, 1.165) is 31.4 Å². The summed E-state index contributed by atoms with van der Waals surface area (Å²) < 4.78 is 21.1. The molecule has 0 unspecified atom stereocenters. The average molecular weight is 383 g/mol. The fourth-order valence-electron chi connectivity index (χ4n) is 3.29. The van der Waals surface area contributed by atoms with Crippen molar-refractivity contribution in [1.29, 1.82) is 0 Å². The Hall–Kier alpha value is -3.22. The van der Waals surface area contributed by atoms with E-state index in [0.29, 0.717) is 29.4 Å². The Labute approximate surface area is 162 Å². The van der Waals surface area contributed by atoms with Crippen LogP contribution in [0, 0.1) is 0 Å². The fraction of sp³-hybridized carbons (Fsp3) is 0.333. The molecule has 0 radical (unpaired) electrons. The molecular weight excluding hydrogens is 362 g/mol. The van der Waals surface area contributed by atoms with E-state index in [9.17, 15) is 9.59 Å². The lowest BCUT2D eigenvalue weighted by Gasteiger charge is -2.26. The minimum atomic E-state index is -0.581. The van der Waals surface area contributed by atoms with Crippen LogP contribution < -0.4 is 9.47 Å². The lowest BCUT2D eigenvalue weighted by Crippen LogP contribution is -2.34. The SMILES string of the molecule is O=C(OCC(=O)N(Cc1ccco1)C1=CCCCC1)c1ccc2c(c1)OCO2. The molecule has 2 heterocycles. The number of hydrogen-bond acceptors (Lipinski definition) is 6. The number of nitrogens with zero attached hydrogens (tertiary/aromatic N) is 1. The van der Waals surface area contributed by atoms with Crippen molar-refractivity contribution in [3.63, 3.8) is 0 Å². The lowest BCUT2D eigenvalue weighted by molar-refractivity contribution is -0.133. The minimum absolute atomic E-state index is 0.128. The van der Waals surface area contributed by atoms with Crippen molar-refractivity contribution >= 4 is 11.9 Å². The third kappa shape index (κ3) is 4.03. The van der Waals surface area contributed by atoms with Gasteiger partial charge in [0.1, 0.15) is 5.76 Å². The van der Waals surface area contributed by atoms with Crippen LogP contribution in [0.15, 0.2) is 52.8 Å². The van der Waals surface area contributed by atoms with Crippen molar-refractivity contribution in [3.8, 4) is 11.5 Å². The van der Waals surface area contributed by atoms with Gasteiger partial charge >= 0.3 is 5.97 Å². The Balaban J connectivity index is 1.42. The Morgan fingerprint density at radius 3 is 2.79 bits per heavy atom. The summed E-state index contributed by atoms with van der Waals surface area (Å²) in [5, 5.41) is 0. The first-order valence-electron chi connectivity index (χ1n) is 9.29. The van der Waals surface area contributed by atoms with Crippen molar-refractivity contribution in [1.82, 2.24) is 4.90 Å². The van der Waals surface area contributed by atoms with E-state index in [1.807, 2.05) is 6.07 Å². The van der Waals surface area contributed by atoms with E-state index in [1.54, 1.807) is 35.4 Å². The zero-order valence-electron chi connectivity index (χ0n) is 15.4. The van der Waals surface area contributed by atoms with Gasteiger partial charge in [0.2, 0.25) is 6.79 Å². The van der Waals surface area contributed by atoms with E-state index < -0.39 is 5.97 Å². The number of ether oxygens (including phenoxy) is 3. The summed E-state index contributed by atoms with van der Waals surface area (Å²) in [6.45, 7) is 0.105. The van der Waals surface area contributed by atoms with Crippen LogP contribution in [0.4, 0.5) is 0 Å². The van der Waals surface area contributed by atoms with Crippen molar-refractivity contribution in [2.45, 2.75) is 32.2 Å². The summed E-state index contributed by atoms with van der Waals surface area (Å²) >= 11 is 0. The highest BCUT2D eigenvalue weighted by atomic mass is 16.7. The largest absolute Gasteiger partial charge is 0.467 e. The maximum atomic E-state index is 12.8. The number of hydrogen-bond donors (Lipinski definition) is 0. The number of carbonyl (C=O) groups is 2. The van der Waals surface area contributed by atoms with Gasteiger partial charge in [-0.05, 0) is 56.0 Å². The Bertz CT molecular complexity index is 886. The second-order valence-electron chi connectivity index (χ2n) is 6.64.